The van der Waals surface area contributed by atoms with Crippen molar-refractivity contribution in [2.75, 3.05) is 26.8 Å². The summed E-state index contributed by atoms with van der Waals surface area (Å²) in [6.07, 6.45) is 2.48. The molecule has 2 aromatic rings. The van der Waals surface area contributed by atoms with E-state index in [2.05, 4.69) is 15.2 Å². The molecule has 0 unspecified atom stereocenters. The maximum Gasteiger partial charge on any atom is 0.258 e. The van der Waals surface area contributed by atoms with Gasteiger partial charge in [0.15, 0.2) is 5.82 Å². The number of rotatable bonds is 7. The summed E-state index contributed by atoms with van der Waals surface area (Å²) >= 11 is 0. The van der Waals surface area contributed by atoms with Crippen molar-refractivity contribution in [2.24, 2.45) is 5.73 Å². The van der Waals surface area contributed by atoms with Crippen molar-refractivity contribution in [3.63, 3.8) is 0 Å². The zero-order valence-corrected chi connectivity index (χ0v) is 15.2. The quantitative estimate of drug-likeness (QED) is 0.731. The third-order valence-corrected chi connectivity index (χ3v) is 4.45. The number of H-pyrrole nitrogens is 1. The van der Waals surface area contributed by atoms with Gasteiger partial charge in [0, 0.05) is 6.54 Å². The van der Waals surface area contributed by atoms with Crippen LogP contribution < -0.4 is 15.2 Å². The monoisotopic (exact) mass is 359 g/mol. The maximum atomic E-state index is 13.3. The molecule has 1 aliphatic rings. The van der Waals surface area contributed by atoms with Crippen molar-refractivity contribution in [3.05, 3.63) is 35.4 Å². The van der Waals surface area contributed by atoms with Crippen LogP contribution in [0.25, 0.3) is 0 Å². The van der Waals surface area contributed by atoms with Gasteiger partial charge in [0.25, 0.3) is 5.91 Å². The van der Waals surface area contributed by atoms with E-state index >= 15 is 0 Å². The first kappa shape index (κ1) is 18.2. The summed E-state index contributed by atoms with van der Waals surface area (Å²) in [7, 11) is 1.58. The largest absolute Gasteiger partial charge is 0.497 e. The number of nitrogens with one attached hydrogen (secondary N) is 1. The normalized spacial score (nSPS) is 16.7. The number of ether oxygens (including phenoxy) is 2. The molecule has 1 aromatic heterocycles. The minimum Gasteiger partial charge on any atom is -0.497 e. The molecule has 8 heteroatoms. The van der Waals surface area contributed by atoms with Crippen molar-refractivity contribution in [3.8, 4) is 11.5 Å². The number of likely N-dealkylation sites (tertiary alicyclic amines) is 1. The first-order valence-electron chi connectivity index (χ1n) is 8.84. The van der Waals surface area contributed by atoms with Crippen LogP contribution in [0.15, 0.2) is 18.2 Å². The molecule has 1 aliphatic heterocycles. The average molecular weight is 359 g/mol. The molecule has 0 spiro atoms. The summed E-state index contributed by atoms with van der Waals surface area (Å²) in [4.78, 5) is 19.5. The van der Waals surface area contributed by atoms with Gasteiger partial charge in [-0.2, -0.15) is 5.10 Å². The highest BCUT2D eigenvalue weighted by atomic mass is 16.5. The Labute approximate surface area is 152 Å². The van der Waals surface area contributed by atoms with Crippen molar-refractivity contribution >= 4 is 5.91 Å². The third-order valence-electron chi connectivity index (χ3n) is 4.45. The molecule has 0 aliphatic carbocycles. The van der Waals surface area contributed by atoms with Crippen LogP contribution in [0, 0.1) is 6.92 Å². The van der Waals surface area contributed by atoms with E-state index in [0.717, 1.165) is 25.1 Å². The fraction of sp³-hybridized carbons (Fsp3) is 0.500. The van der Waals surface area contributed by atoms with Crippen LogP contribution >= 0.6 is 0 Å². The molecule has 2 heterocycles. The number of methoxy groups -OCH3 is 1. The second-order valence-corrected chi connectivity index (χ2v) is 6.29. The molecule has 1 aromatic carbocycles. The fourth-order valence-corrected chi connectivity index (χ4v) is 3.14. The molecule has 1 atom stereocenters. The number of carbonyl (C=O) groups excluding carboxylic acids is 1. The summed E-state index contributed by atoms with van der Waals surface area (Å²) in [5, 5.41) is 7.09. The van der Waals surface area contributed by atoms with Crippen LogP contribution in [-0.4, -0.2) is 52.8 Å². The molecule has 0 radical (unpaired) electrons. The van der Waals surface area contributed by atoms with Crippen molar-refractivity contribution in [1.29, 1.82) is 0 Å². The Kier molecular flexibility index (Phi) is 5.72. The third kappa shape index (κ3) is 3.80. The number of carbonyl (C=O) groups is 1. The van der Waals surface area contributed by atoms with Gasteiger partial charge in [0.05, 0.1) is 25.3 Å². The number of nitrogens with two attached hydrogens (primary N) is 1. The Bertz CT molecular complexity index is 761. The highest BCUT2D eigenvalue weighted by Crippen LogP contribution is 2.34. The Hall–Kier alpha value is -2.61. The second kappa shape index (κ2) is 8.18. The lowest BCUT2D eigenvalue weighted by atomic mass is 10.1. The number of aromatic nitrogens is 3. The molecular weight excluding hydrogens is 334 g/mol. The van der Waals surface area contributed by atoms with Gasteiger partial charge in [-0.15, -0.1) is 0 Å². The Balaban J connectivity index is 1.87. The molecule has 1 amide bonds. The van der Waals surface area contributed by atoms with E-state index in [1.54, 1.807) is 25.3 Å². The molecule has 8 nitrogen and oxygen atoms in total. The van der Waals surface area contributed by atoms with Gasteiger partial charge in [-0.05, 0) is 50.9 Å². The van der Waals surface area contributed by atoms with Gasteiger partial charge < -0.3 is 20.1 Å². The summed E-state index contributed by atoms with van der Waals surface area (Å²) in [6, 6.07) is 5.15. The summed E-state index contributed by atoms with van der Waals surface area (Å²) < 4.78 is 11.1. The van der Waals surface area contributed by atoms with Gasteiger partial charge in [0.1, 0.15) is 17.3 Å². The first-order chi connectivity index (χ1) is 12.6. The number of benzene rings is 1. The highest BCUT2D eigenvalue weighted by molar-refractivity contribution is 5.97. The molecule has 1 fully saturated rings. The van der Waals surface area contributed by atoms with Gasteiger partial charge in [-0.3, -0.25) is 9.89 Å². The van der Waals surface area contributed by atoms with E-state index in [0.29, 0.717) is 42.6 Å². The fourth-order valence-electron chi connectivity index (χ4n) is 3.14. The number of aryl methyl sites for hydroxylation is 1. The lowest BCUT2D eigenvalue weighted by Gasteiger charge is -2.24. The highest BCUT2D eigenvalue weighted by Gasteiger charge is 2.34. The van der Waals surface area contributed by atoms with Gasteiger partial charge in [-0.25, -0.2) is 4.98 Å². The van der Waals surface area contributed by atoms with E-state index in [1.807, 2.05) is 11.8 Å². The molecule has 1 saturated heterocycles. The van der Waals surface area contributed by atoms with Crippen LogP contribution in [0.5, 0.6) is 11.5 Å². The molecular formula is C18H25N5O3. The minimum absolute atomic E-state index is 0.100. The molecule has 26 heavy (non-hydrogen) atoms. The van der Waals surface area contributed by atoms with Crippen LogP contribution in [0.3, 0.4) is 0 Å². The van der Waals surface area contributed by atoms with E-state index in [-0.39, 0.29) is 11.9 Å². The summed E-state index contributed by atoms with van der Waals surface area (Å²) in [6.45, 7) is 3.52. The van der Waals surface area contributed by atoms with Crippen LogP contribution in [0.1, 0.15) is 47.3 Å². The van der Waals surface area contributed by atoms with Gasteiger partial charge >= 0.3 is 0 Å². The molecule has 140 valence electrons. The number of amides is 1. The lowest BCUT2D eigenvalue weighted by Crippen LogP contribution is -2.31. The van der Waals surface area contributed by atoms with Crippen LogP contribution in [0.4, 0.5) is 0 Å². The summed E-state index contributed by atoms with van der Waals surface area (Å²) in [5.74, 6) is 2.45. The lowest BCUT2D eigenvalue weighted by molar-refractivity contribution is 0.0725. The molecule has 0 saturated carbocycles. The number of nitrogens with zero attached hydrogens (tertiary/aromatic N) is 3. The topological polar surface area (TPSA) is 106 Å². The standard InChI is InChI=1S/C18H25N5O3/c1-12-20-17(22-21-12)15-5-3-9-23(15)18(24)14-11-13(25-2)6-7-16(14)26-10-4-8-19/h6-7,11,15H,3-5,8-10,19H2,1-2H3,(H,20,21,22)/t15-/m1/s1. The average Bonchev–Trinajstić information content (AvgIpc) is 3.30. The smallest absolute Gasteiger partial charge is 0.258 e. The van der Waals surface area contributed by atoms with Crippen molar-refractivity contribution < 1.29 is 14.3 Å². The summed E-state index contributed by atoms with van der Waals surface area (Å²) in [5.41, 5.74) is 6.01. The SMILES string of the molecule is COc1ccc(OCCCN)c(C(=O)N2CCC[C@@H]2c2n[nH]c(C)n2)c1. The predicted octanol–water partition coefficient (Wildman–Crippen LogP) is 1.83. The Morgan fingerprint density at radius 3 is 3.00 bits per heavy atom. The van der Waals surface area contributed by atoms with E-state index < -0.39 is 0 Å². The molecule has 3 rings (SSSR count). The second-order valence-electron chi connectivity index (χ2n) is 6.29. The number of hydrogen-bond donors (Lipinski definition) is 2. The minimum atomic E-state index is -0.129. The molecule has 0 bridgehead atoms. The number of aromatic amines is 1. The number of hydrogen-bond acceptors (Lipinski definition) is 6. The maximum absolute atomic E-state index is 13.3. The van der Waals surface area contributed by atoms with Crippen molar-refractivity contribution in [2.45, 2.75) is 32.2 Å². The van der Waals surface area contributed by atoms with Crippen molar-refractivity contribution in [1.82, 2.24) is 20.1 Å². The van der Waals surface area contributed by atoms with Crippen LogP contribution in [-0.2, 0) is 0 Å². The van der Waals surface area contributed by atoms with Gasteiger partial charge in [0.2, 0.25) is 0 Å². The van der Waals surface area contributed by atoms with Gasteiger partial charge in [-0.1, -0.05) is 0 Å². The van der Waals surface area contributed by atoms with Crippen LogP contribution in [0.2, 0.25) is 0 Å². The van der Waals surface area contributed by atoms with E-state index in [4.69, 9.17) is 15.2 Å². The zero-order valence-electron chi connectivity index (χ0n) is 15.2. The first-order valence-corrected chi connectivity index (χ1v) is 8.84. The Morgan fingerprint density at radius 1 is 1.46 bits per heavy atom. The Morgan fingerprint density at radius 2 is 2.31 bits per heavy atom. The van der Waals surface area contributed by atoms with E-state index in [1.165, 1.54) is 0 Å². The predicted molar refractivity (Wildman–Crippen MR) is 96.3 cm³/mol. The zero-order chi connectivity index (χ0) is 18.5. The molecule has 3 N–H and O–H groups in total. The van der Waals surface area contributed by atoms with E-state index in [9.17, 15) is 4.79 Å².